The molecule has 1 aromatic heterocycles. The number of nitrogens with zero attached hydrogens (tertiary/aromatic N) is 1. The van der Waals surface area contributed by atoms with E-state index in [2.05, 4.69) is 53.8 Å². The molecule has 1 fully saturated rings. The molecule has 0 radical (unpaired) electrons. The van der Waals surface area contributed by atoms with E-state index in [1.807, 2.05) is 11.8 Å². The lowest BCUT2D eigenvalue weighted by Crippen LogP contribution is -2.32. The molecule has 1 saturated heterocycles. The predicted molar refractivity (Wildman–Crippen MR) is 116 cm³/mol. The normalized spacial score (nSPS) is 16.7. The predicted octanol–water partition coefficient (Wildman–Crippen LogP) is 5.71. The number of piperidine rings is 1. The summed E-state index contributed by atoms with van der Waals surface area (Å²) in [6.45, 7) is 7.42. The number of hydrogen-bond donors (Lipinski definition) is 0. The van der Waals surface area contributed by atoms with Crippen molar-refractivity contribution in [3.05, 3.63) is 46.8 Å². The number of rotatable bonds is 9. The topological polar surface area (TPSA) is 12.5 Å². The van der Waals surface area contributed by atoms with Crippen LogP contribution in [0, 0.1) is 0 Å². The van der Waals surface area contributed by atoms with Gasteiger partial charge in [-0.25, -0.2) is 0 Å². The first-order valence-corrected chi connectivity index (χ1v) is 11.9. The monoisotopic (exact) mass is 389 g/mol. The molecule has 2 heterocycles. The third-order valence-corrected chi connectivity index (χ3v) is 7.07. The largest absolute Gasteiger partial charge is 0.375 e. The summed E-state index contributed by atoms with van der Waals surface area (Å²) >= 11 is 3.74. The second kappa shape index (κ2) is 10.5. The van der Waals surface area contributed by atoms with Gasteiger partial charge in [-0.2, -0.15) is 11.8 Å². The molecular formula is C22H31NOS2. The number of likely N-dealkylation sites (tertiary alicyclic amines) is 1. The molecule has 0 amide bonds. The van der Waals surface area contributed by atoms with E-state index in [-0.39, 0.29) is 0 Å². The number of benzene rings is 1. The molecule has 0 bridgehead atoms. The van der Waals surface area contributed by atoms with E-state index in [1.165, 1.54) is 53.9 Å². The maximum Gasteiger partial charge on any atom is 0.0720 e. The van der Waals surface area contributed by atoms with Gasteiger partial charge < -0.3 is 9.64 Å². The summed E-state index contributed by atoms with van der Waals surface area (Å²) in [7, 11) is 0. The van der Waals surface area contributed by atoms with Crippen LogP contribution in [-0.4, -0.2) is 42.6 Å². The van der Waals surface area contributed by atoms with Crippen molar-refractivity contribution in [2.75, 3.05) is 32.5 Å². The Hall–Kier alpha value is -0.810. The van der Waals surface area contributed by atoms with E-state index in [9.17, 15) is 0 Å². The first-order valence-electron chi connectivity index (χ1n) is 9.75. The molecule has 142 valence electrons. The molecular weight excluding hydrogens is 358 g/mol. The van der Waals surface area contributed by atoms with E-state index >= 15 is 0 Å². The van der Waals surface area contributed by atoms with Crippen LogP contribution in [0.2, 0.25) is 0 Å². The summed E-state index contributed by atoms with van der Waals surface area (Å²) in [5.74, 6) is 0. The molecule has 0 aliphatic carbocycles. The van der Waals surface area contributed by atoms with Crippen molar-refractivity contribution < 1.29 is 4.74 Å². The summed E-state index contributed by atoms with van der Waals surface area (Å²) in [5, 5.41) is 2.78. The van der Waals surface area contributed by atoms with Crippen molar-refractivity contribution in [3.8, 4) is 10.4 Å². The number of thiophene rings is 1. The highest BCUT2D eigenvalue weighted by Crippen LogP contribution is 2.28. The fourth-order valence-corrected chi connectivity index (χ4v) is 4.58. The van der Waals surface area contributed by atoms with Gasteiger partial charge in [-0.1, -0.05) is 31.5 Å². The zero-order valence-corrected chi connectivity index (χ0v) is 17.7. The van der Waals surface area contributed by atoms with Crippen LogP contribution in [0.3, 0.4) is 0 Å². The minimum atomic E-state index is 0.634. The van der Waals surface area contributed by atoms with Crippen LogP contribution < -0.4 is 0 Å². The standard InChI is InChI=1S/C22H31NOS2/c1-18(25-2)15-19-8-9-20(22-7-6-14-26-22)16-21(19)17-24-13-12-23-10-4-3-5-11-23/h6-9,14,16,18H,3-5,10-13,15,17H2,1-2H3. The zero-order chi connectivity index (χ0) is 18.2. The zero-order valence-electron chi connectivity index (χ0n) is 16.1. The summed E-state index contributed by atoms with van der Waals surface area (Å²) < 4.78 is 6.11. The van der Waals surface area contributed by atoms with Gasteiger partial charge in [-0.05, 0) is 72.8 Å². The highest BCUT2D eigenvalue weighted by Gasteiger charge is 2.12. The van der Waals surface area contributed by atoms with Gasteiger partial charge in [-0.15, -0.1) is 11.3 Å². The highest BCUT2D eigenvalue weighted by molar-refractivity contribution is 7.99. The van der Waals surface area contributed by atoms with Crippen molar-refractivity contribution in [1.29, 1.82) is 0 Å². The van der Waals surface area contributed by atoms with Gasteiger partial charge in [0.05, 0.1) is 13.2 Å². The quantitative estimate of drug-likeness (QED) is 0.510. The van der Waals surface area contributed by atoms with E-state index in [4.69, 9.17) is 4.74 Å². The summed E-state index contributed by atoms with van der Waals surface area (Å²) in [6, 6.07) is 11.2. The molecule has 0 N–H and O–H groups in total. The molecule has 0 spiro atoms. The lowest BCUT2D eigenvalue weighted by Gasteiger charge is -2.26. The SMILES string of the molecule is CSC(C)Cc1ccc(-c2cccs2)cc1COCCN1CCCCC1. The molecule has 0 saturated carbocycles. The Morgan fingerprint density at radius 3 is 2.73 bits per heavy atom. The fraction of sp³-hybridized carbons (Fsp3) is 0.545. The van der Waals surface area contributed by atoms with E-state index in [0.717, 1.165) is 26.2 Å². The molecule has 4 heteroatoms. The van der Waals surface area contributed by atoms with Gasteiger partial charge in [0.2, 0.25) is 0 Å². The van der Waals surface area contributed by atoms with E-state index in [0.29, 0.717) is 5.25 Å². The Morgan fingerprint density at radius 1 is 1.15 bits per heavy atom. The second-order valence-electron chi connectivity index (χ2n) is 7.17. The second-order valence-corrected chi connectivity index (χ2v) is 9.39. The molecule has 26 heavy (non-hydrogen) atoms. The fourth-order valence-electron chi connectivity index (χ4n) is 3.51. The Kier molecular flexibility index (Phi) is 8.06. The molecule has 3 rings (SSSR count). The van der Waals surface area contributed by atoms with E-state index in [1.54, 1.807) is 11.3 Å². The number of thioether (sulfide) groups is 1. The molecule has 1 aliphatic heterocycles. The maximum absolute atomic E-state index is 6.11. The van der Waals surface area contributed by atoms with Gasteiger partial charge in [0, 0.05) is 16.7 Å². The minimum Gasteiger partial charge on any atom is -0.375 e. The first-order chi connectivity index (χ1) is 12.8. The van der Waals surface area contributed by atoms with Crippen LogP contribution in [0.1, 0.15) is 37.3 Å². The van der Waals surface area contributed by atoms with Gasteiger partial charge in [0.25, 0.3) is 0 Å². The Morgan fingerprint density at radius 2 is 2.00 bits per heavy atom. The highest BCUT2D eigenvalue weighted by atomic mass is 32.2. The summed E-state index contributed by atoms with van der Waals surface area (Å²) in [5.41, 5.74) is 4.11. The molecule has 1 aromatic carbocycles. The van der Waals surface area contributed by atoms with Crippen LogP contribution in [-0.2, 0) is 17.8 Å². The van der Waals surface area contributed by atoms with Gasteiger partial charge in [0.15, 0.2) is 0 Å². The van der Waals surface area contributed by atoms with Crippen LogP contribution in [0.25, 0.3) is 10.4 Å². The smallest absolute Gasteiger partial charge is 0.0720 e. The number of ether oxygens (including phenoxy) is 1. The lowest BCUT2D eigenvalue weighted by atomic mass is 10.00. The van der Waals surface area contributed by atoms with Crippen molar-refractivity contribution in [3.63, 3.8) is 0 Å². The average Bonchev–Trinajstić information content (AvgIpc) is 3.22. The minimum absolute atomic E-state index is 0.634. The van der Waals surface area contributed by atoms with Gasteiger partial charge >= 0.3 is 0 Å². The van der Waals surface area contributed by atoms with Crippen LogP contribution in [0.15, 0.2) is 35.7 Å². The van der Waals surface area contributed by atoms with Gasteiger partial charge in [-0.3, -0.25) is 0 Å². The third kappa shape index (κ3) is 5.85. The molecule has 1 atom stereocenters. The Balaban J connectivity index is 1.62. The lowest BCUT2D eigenvalue weighted by molar-refractivity contribution is 0.0860. The maximum atomic E-state index is 6.11. The van der Waals surface area contributed by atoms with Crippen molar-refractivity contribution >= 4 is 23.1 Å². The molecule has 1 aliphatic rings. The van der Waals surface area contributed by atoms with Gasteiger partial charge in [0.1, 0.15) is 0 Å². The molecule has 2 nitrogen and oxygen atoms in total. The molecule has 1 unspecified atom stereocenters. The van der Waals surface area contributed by atoms with Crippen LogP contribution in [0.5, 0.6) is 0 Å². The van der Waals surface area contributed by atoms with Crippen LogP contribution >= 0.6 is 23.1 Å². The van der Waals surface area contributed by atoms with Crippen molar-refractivity contribution in [2.45, 2.75) is 44.5 Å². The number of hydrogen-bond acceptors (Lipinski definition) is 4. The average molecular weight is 390 g/mol. The van der Waals surface area contributed by atoms with Crippen molar-refractivity contribution in [1.82, 2.24) is 4.90 Å². The summed E-state index contributed by atoms with van der Waals surface area (Å²) in [4.78, 5) is 3.88. The Bertz CT molecular complexity index is 650. The van der Waals surface area contributed by atoms with Crippen molar-refractivity contribution in [2.24, 2.45) is 0 Å². The third-order valence-electron chi connectivity index (χ3n) is 5.18. The molecule has 2 aromatic rings. The summed E-state index contributed by atoms with van der Waals surface area (Å²) in [6.07, 6.45) is 7.39. The van der Waals surface area contributed by atoms with Crippen LogP contribution in [0.4, 0.5) is 0 Å². The Labute approximate surface area is 166 Å². The van der Waals surface area contributed by atoms with E-state index < -0.39 is 0 Å². The first kappa shape index (κ1) is 19.9.